The van der Waals surface area contributed by atoms with E-state index in [0.29, 0.717) is 11.5 Å². The fourth-order valence-corrected chi connectivity index (χ4v) is 6.79. The second-order valence-electron chi connectivity index (χ2n) is 12.1. The van der Waals surface area contributed by atoms with Crippen LogP contribution in [0.2, 0.25) is 0 Å². The lowest BCUT2D eigenvalue weighted by Crippen LogP contribution is -2.25. The Morgan fingerprint density at radius 1 is 0.833 bits per heavy atom. The normalized spacial score (nSPS) is 24.4. The van der Waals surface area contributed by atoms with Crippen LogP contribution in [0.1, 0.15) is 147 Å². The van der Waals surface area contributed by atoms with Crippen molar-refractivity contribution in [2.24, 2.45) is 17.8 Å². The first-order valence-corrected chi connectivity index (χ1v) is 15.5. The van der Waals surface area contributed by atoms with Crippen molar-refractivity contribution in [3.05, 3.63) is 41.5 Å². The van der Waals surface area contributed by atoms with E-state index in [1.54, 1.807) is 6.92 Å². The molecule has 3 rings (SSSR count). The molecule has 0 radical (unpaired) electrons. The summed E-state index contributed by atoms with van der Waals surface area (Å²) in [6.07, 6.45) is 24.1. The molecule has 2 heteroatoms. The van der Waals surface area contributed by atoms with Crippen LogP contribution in [0.5, 0.6) is 5.75 Å². The second kappa shape index (κ2) is 15.6. The average molecular weight is 495 g/mol. The molecule has 202 valence electrons. The summed E-state index contributed by atoms with van der Waals surface area (Å²) in [6, 6.07) is 6.75. The zero-order chi connectivity index (χ0) is 25.8. The number of esters is 1. The number of carbonyl (C=O) groups is 1. The van der Waals surface area contributed by atoms with Crippen LogP contribution < -0.4 is 4.74 Å². The molecule has 0 spiro atoms. The van der Waals surface area contributed by atoms with Gasteiger partial charge >= 0.3 is 5.97 Å². The first-order chi connectivity index (χ1) is 17.5. The van der Waals surface area contributed by atoms with E-state index in [1.165, 1.54) is 114 Å². The van der Waals surface area contributed by atoms with Crippen LogP contribution in [0, 0.1) is 17.8 Å². The molecule has 2 aliphatic carbocycles. The molecule has 0 aromatic heterocycles. The van der Waals surface area contributed by atoms with Gasteiger partial charge in [0.1, 0.15) is 5.75 Å². The highest BCUT2D eigenvalue weighted by Crippen LogP contribution is 2.45. The Morgan fingerprint density at radius 3 is 2.08 bits per heavy atom. The lowest BCUT2D eigenvalue weighted by Gasteiger charge is -2.38. The van der Waals surface area contributed by atoms with Gasteiger partial charge in [0.25, 0.3) is 0 Å². The average Bonchev–Trinajstić information content (AvgIpc) is 2.90. The van der Waals surface area contributed by atoms with Gasteiger partial charge in [0.05, 0.1) is 0 Å². The van der Waals surface area contributed by atoms with Crippen LogP contribution in [0.4, 0.5) is 0 Å². The van der Waals surface area contributed by atoms with Crippen molar-refractivity contribution in [2.45, 2.75) is 142 Å². The van der Waals surface area contributed by atoms with Crippen LogP contribution >= 0.6 is 0 Å². The third-order valence-corrected chi connectivity index (χ3v) is 9.21. The largest absolute Gasteiger partial charge is 0.423 e. The minimum Gasteiger partial charge on any atom is -0.423 e. The molecule has 0 amide bonds. The highest BCUT2D eigenvalue weighted by molar-refractivity contribution is 5.89. The fraction of sp³-hybridized carbons (Fsp3) is 0.735. The number of aryl methyl sites for hydroxylation is 1. The Bertz CT molecular complexity index is 793. The molecule has 2 fully saturated rings. The molecule has 0 unspecified atom stereocenters. The topological polar surface area (TPSA) is 26.3 Å². The molecule has 0 heterocycles. The van der Waals surface area contributed by atoms with E-state index in [1.807, 2.05) is 0 Å². The Morgan fingerprint density at radius 2 is 1.44 bits per heavy atom. The molecular formula is C34H54O2. The van der Waals surface area contributed by atoms with E-state index < -0.39 is 0 Å². The Kier molecular flexibility index (Phi) is 12.6. The predicted octanol–water partition coefficient (Wildman–Crippen LogP) is 10.3. The molecule has 36 heavy (non-hydrogen) atoms. The summed E-state index contributed by atoms with van der Waals surface area (Å²) in [5.74, 6) is 3.99. The van der Waals surface area contributed by atoms with E-state index in [0.717, 1.165) is 36.3 Å². The smallest absolute Gasteiger partial charge is 0.338 e. The van der Waals surface area contributed by atoms with Gasteiger partial charge in [0.2, 0.25) is 0 Å². The SMILES string of the molecule is C=C(C)C(=O)Oc1cc(C2CCC(C3CCC(CCCCC)CC3)CC2)ccc1CCCCCCC. The van der Waals surface area contributed by atoms with Gasteiger partial charge in [-0.15, -0.1) is 0 Å². The Balaban J connectivity index is 1.53. The molecule has 1 aromatic rings. The van der Waals surface area contributed by atoms with Crippen molar-refractivity contribution in [1.82, 2.24) is 0 Å². The molecule has 0 atom stereocenters. The van der Waals surface area contributed by atoms with Crippen LogP contribution in [0.15, 0.2) is 30.4 Å². The Hall–Kier alpha value is -1.57. The molecule has 2 aliphatic rings. The van der Waals surface area contributed by atoms with Crippen molar-refractivity contribution < 1.29 is 9.53 Å². The molecule has 0 saturated heterocycles. The van der Waals surface area contributed by atoms with Gasteiger partial charge in [-0.05, 0) is 99.2 Å². The summed E-state index contributed by atoms with van der Waals surface area (Å²) >= 11 is 0. The van der Waals surface area contributed by atoms with Gasteiger partial charge in [-0.1, -0.05) is 96.8 Å². The van der Waals surface area contributed by atoms with Gasteiger partial charge in [0.15, 0.2) is 0 Å². The van der Waals surface area contributed by atoms with Gasteiger partial charge in [-0.2, -0.15) is 0 Å². The lowest BCUT2D eigenvalue weighted by molar-refractivity contribution is -0.130. The number of hydrogen-bond acceptors (Lipinski definition) is 2. The number of hydrogen-bond donors (Lipinski definition) is 0. The third kappa shape index (κ3) is 9.07. The van der Waals surface area contributed by atoms with E-state index in [-0.39, 0.29) is 5.97 Å². The lowest BCUT2D eigenvalue weighted by atomic mass is 9.68. The van der Waals surface area contributed by atoms with Crippen LogP contribution in [-0.4, -0.2) is 5.97 Å². The first-order valence-electron chi connectivity index (χ1n) is 15.5. The summed E-state index contributed by atoms with van der Waals surface area (Å²) < 4.78 is 5.84. The van der Waals surface area contributed by atoms with Gasteiger partial charge in [-0.25, -0.2) is 4.79 Å². The molecule has 1 aromatic carbocycles. The third-order valence-electron chi connectivity index (χ3n) is 9.21. The van der Waals surface area contributed by atoms with E-state index >= 15 is 0 Å². The number of unbranched alkanes of at least 4 members (excludes halogenated alkanes) is 6. The second-order valence-corrected chi connectivity index (χ2v) is 12.1. The maximum atomic E-state index is 12.4. The number of rotatable bonds is 14. The summed E-state index contributed by atoms with van der Waals surface area (Å²) in [5, 5.41) is 0. The minimum atomic E-state index is -0.298. The zero-order valence-electron chi connectivity index (χ0n) is 23.8. The minimum absolute atomic E-state index is 0.298. The number of carbonyl (C=O) groups excluding carboxylic acids is 1. The molecule has 0 N–H and O–H groups in total. The van der Waals surface area contributed by atoms with Crippen molar-refractivity contribution in [2.75, 3.05) is 0 Å². The van der Waals surface area contributed by atoms with Gasteiger partial charge in [0, 0.05) is 5.57 Å². The van der Waals surface area contributed by atoms with Gasteiger partial charge < -0.3 is 4.74 Å². The van der Waals surface area contributed by atoms with E-state index in [2.05, 4.69) is 38.6 Å². The summed E-state index contributed by atoms with van der Waals surface area (Å²) in [7, 11) is 0. The van der Waals surface area contributed by atoms with Crippen molar-refractivity contribution in [3.63, 3.8) is 0 Å². The van der Waals surface area contributed by atoms with Crippen molar-refractivity contribution >= 4 is 5.97 Å². The fourth-order valence-electron chi connectivity index (χ4n) is 6.79. The molecular weight excluding hydrogens is 440 g/mol. The van der Waals surface area contributed by atoms with Gasteiger partial charge in [-0.3, -0.25) is 0 Å². The highest BCUT2D eigenvalue weighted by atomic mass is 16.5. The Labute approximate surface area is 222 Å². The molecule has 0 aliphatic heterocycles. The van der Waals surface area contributed by atoms with Crippen molar-refractivity contribution in [3.8, 4) is 5.75 Å². The summed E-state index contributed by atoms with van der Waals surface area (Å²) in [6.45, 7) is 10.1. The maximum Gasteiger partial charge on any atom is 0.338 e. The van der Waals surface area contributed by atoms with Crippen LogP contribution in [0.25, 0.3) is 0 Å². The summed E-state index contributed by atoms with van der Waals surface area (Å²) in [4.78, 5) is 12.4. The zero-order valence-corrected chi connectivity index (χ0v) is 23.8. The van der Waals surface area contributed by atoms with Crippen LogP contribution in [-0.2, 0) is 11.2 Å². The highest BCUT2D eigenvalue weighted by Gasteiger charge is 2.31. The number of benzene rings is 1. The molecule has 0 bridgehead atoms. The quantitative estimate of drug-likeness (QED) is 0.111. The van der Waals surface area contributed by atoms with Crippen LogP contribution in [0.3, 0.4) is 0 Å². The summed E-state index contributed by atoms with van der Waals surface area (Å²) in [5.41, 5.74) is 3.01. The maximum absolute atomic E-state index is 12.4. The predicted molar refractivity (Wildman–Crippen MR) is 154 cm³/mol. The number of ether oxygens (including phenoxy) is 1. The molecule has 2 nitrogen and oxygen atoms in total. The van der Waals surface area contributed by atoms with Crippen molar-refractivity contribution in [1.29, 1.82) is 0 Å². The molecule has 2 saturated carbocycles. The monoisotopic (exact) mass is 494 g/mol. The first kappa shape index (κ1) is 29.0. The van der Waals surface area contributed by atoms with E-state index in [9.17, 15) is 4.79 Å². The van der Waals surface area contributed by atoms with E-state index in [4.69, 9.17) is 4.74 Å². The standard InChI is InChI=1S/C34H54O2/c1-5-7-9-10-12-14-31-23-24-32(25-33(31)36-34(35)26(3)4)30-21-19-29(20-22-30)28-17-15-27(16-18-28)13-11-8-6-2/h23-25,27-30H,3,5-22H2,1-2,4H3.